The van der Waals surface area contributed by atoms with Gasteiger partial charge in [0.15, 0.2) is 0 Å². The lowest BCUT2D eigenvalue weighted by Gasteiger charge is -2.41. The molecule has 0 N–H and O–H groups in total. The fourth-order valence-corrected chi connectivity index (χ4v) is 5.16. The number of hydrogen-bond donors (Lipinski definition) is 1. The number of nitro benzene ring substituents is 1. The molecule has 1 unspecified atom stereocenters. The number of benzene rings is 1. The third-order valence-corrected chi connectivity index (χ3v) is 6.87. The van der Waals surface area contributed by atoms with Crippen molar-refractivity contribution in [2.45, 2.75) is 32.2 Å². The van der Waals surface area contributed by atoms with E-state index in [2.05, 4.69) is 12.6 Å². The molecule has 0 radical (unpaired) electrons. The summed E-state index contributed by atoms with van der Waals surface area (Å²) in [5.41, 5.74) is 0.922. The second-order valence-corrected chi connectivity index (χ2v) is 9.49. The minimum absolute atomic E-state index is 0.0303. The highest BCUT2D eigenvalue weighted by Gasteiger charge is 2.33. The minimum Gasteiger partial charge on any atom is -0.352 e. The van der Waals surface area contributed by atoms with Crippen LogP contribution in [0.5, 0.6) is 0 Å². The molecule has 0 aromatic heterocycles. The van der Waals surface area contributed by atoms with E-state index in [4.69, 9.17) is 12.2 Å². The first-order chi connectivity index (χ1) is 12.2. The Bertz CT molecular complexity index is 753. The van der Waals surface area contributed by atoms with Gasteiger partial charge in [0, 0.05) is 37.8 Å². The number of unbranched alkanes of at least 4 members (excludes halogenated alkanes) is 1. The lowest BCUT2D eigenvalue weighted by molar-refractivity contribution is -0.384. The second kappa shape index (κ2) is 9.12. The van der Waals surface area contributed by atoms with Gasteiger partial charge >= 0.3 is 0 Å². The molecule has 1 aromatic rings. The number of hydrogen-bond acceptors (Lipinski definition) is 5. The van der Waals surface area contributed by atoms with Crippen LogP contribution in [0.2, 0.25) is 0 Å². The van der Waals surface area contributed by atoms with Gasteiger partial charge < -0.3 is 4.90 Å². The molecule has 26 heavy (non-hydrogen) atoms. The van der Waals surface area contributed by atoms with Gasteiger partial charge in [-0.1, -0.05) is 37.7 Å². The summed E-state index contributed by atoms with van der Waals surface area (Å²) >= 11 is 9.47. The molecular weight excluding hydrogens is 394 g/mol. The van der Waals surface area contributed by atoms with Crippen molar-refractivity contribution in [3.8, 4) is 0 Å². The van der Waals surface area contributed by atoms with Crippen LogP contribution in [0.1, 0.15) is 25.3 Å². The SMILES string of the molecule is CCCCS(=O)(=O)N1CCN(C(=S)S)C(Cc2ccc([N+](=O)[O-])cc2)C1. The molecule has 2 rings (SSSR count). The van der Waals surface area contributed by atoms with Crippen molar-refractivity contribution in [1.82, 2.24) is 9.21 Å². The fourth-order valence-electron chi connectivity index (χ4n) is 2.99. The highest BCUT2D eigenvalue weighted by atomic mass is 32.2. The van der Waals surface area contributed by atoms with Gasteiger partial charge in [-0.05, 0) is 18.4 Å². The van der Waals surface area contributed by atoms with Gasteiger partial charge in [-0.25, -0.2) is 8.42 Å². The van der Waals surface area contributed by atoms with Gasteiger partial charge in [0.1, 0.15) is 4.32 Å². The lowest BCUT2D eigenvalue weighted by Crippen LogP contribution is -2.56. The number of rotatable bonds is 7. The van der Waals surface area contributed by atoms with Crippen LogP contribution in [0.4, 0.5) is 5.69 Å². The molecule has 0 aliphatic carbocycles. The third kappa shape index (κ3) is 5.38. The summed E-state index contributed by atoms with van der Waals surface area (Å²) in [5, 5.41) is 10.8. The van der Waals surface area contributed by atoms with Crippen LogP contribution in [-0.4, -0.2) is 58.3 Å². The average Bonchev–Trinajstić information content (AvgIpc) is 2.60. The van der Waals surface area contributed by atoms with Crippen LogP contribution >= 0.6 is 24.8 Å². The molecule has 1 fully saturated rings. The predicted molar refractivity (Wildman–Crippen MR) is 109 cm³/mol. The first-order valence-electron chi connectivity index (χ1n) is 8.45. The van der Waals surface area contributed by atoms with Crippen molar-refractivity contribution < 1.29 is 13.3 Å². The van der Waals surface area contributed by atoms with E-state index in [1.807, 2.05) is 11.8 Å². The van der Waals surface area contributed by atoms with E-state index in [-0.39, 0.29) is 17.5 Å². The van der Waals surface area contributed by atoms with Crippen LogP contribution in [-0.2, 0) is 16.4 Å². The summed E-state index contributed by atoms with van der Waals surface area (Å²) < 4.78 is 27.0. The zero-order chi connectivity index (χ0) is 19.3. The van der Waals surface area contributed by atoms with Gasteiger partial charge in [0.05, 0.1) is 10.7 Å². The van der Waals surface area contributed by atoms with E-state index in [1.165, 1.54) is 16.4 Å². The Morgan fingerprint density at radius 3 is 2.54 bits per heavy atom. The zero-order valence-corrected chi connectivity index (χ0v) is 17.1. The van der Waals surface area contributed by atoms with Crippen molar-refractivity contribution in [2.75, 3.05) is 25.4 Å². The van der Waals surface area contributed by atoms with Gasteiger partial charge in [-0.3, -0.25) is 10.1 Å². The Morgan fingerprint density at radius 2 is 2.00 bits per heavy atom. The number of thiol groups is 1. The molecule has 1 aliphatic heterocycles. The summed E-state index contributed by atoms with van der Waals surface area (Å²) in [5.74, 6) is 0.152. The maximum atomic E-state index is 12.5. The lowest BCUT2D eigenvalue weighted by atomic mass is 10.0. The van der Waals surface area contributed by atoms with E-state index >= 15 is 0 Å². The average molecular weight is 418 g/mol. The summed E-state index contributed by atoms with van der Waals surface area (Å²) in [4.78, 5) is 12.3. The van der Waals surface area contributed by atoms with Crippen molar-refractivity contribution in [3.05, 3.63) is 39.9 Å². The van der Waals surface area contributed by atoms with Crippen molar-refractivity contribution in [1.29, 1.82) is 0 Å². The van der Waals surface area contributed by atoms with Crippen LogP contribution in [0.25, 0.3) is 0 Å². The first-order valence-corrected chi connectivity index (χ1v) is 10.9. The first kappa shape index (κ1) is 21.1. The monoisotopic (exact) mass is 417 g/mol. The maximum Gasteiger partial charge on any atom is 0.269 e. The Morgan fingerprint density at radius 1 is 1.35 bits per heavy atom. The van der Waals surface area contributed by atoms with E-state index in [0.717, 1.165) is 12.0 Å². The Kier molecular flexibility index (Phi) is 7.39. The van der Waals surface area contributed by atoms with Crippen molar-refractivity contribution in [3.63, 3.8) is 0 Å². The molecule has 0 spiro atoms. The molecule has 10 heteroatoms. The highest BCUT2D eigenvalue weighted by Crippen LogP contribution is 2.21. The number of piperazine rings is 1. The van der Waals surface area contributed by atoms with Gasteiger partial charge in [-0.15, -0.1) is 12.6 Å². The molecule has 0 bridgehead atoms. The highest BCUT2D eigenvalue weighted by molar-refractivity contribution is 8.10. The van der Waals surface area contributed by atoms with Crippen molar-refractivity contribution in [2.24, 2.45) is 0 Å². The van der Waals surface area contributed by atoms with Crippen molar-refractivity contribution >= 4 is 44.9 Å². The summed E-state index contributed by atoms with van der Waals surface area (Å²) in [6.45, 7) is 3.18. The van der Waals surface area contributed by atoms with E-state index in [1.54, 1.807) is 12.1 Å². The number of nitro groups is 1. The normalized spacial score (nSPS) is 18.7. The molecular formula is C16H23N3O4S3. The molecule has 1 aliphatic rings. The zero-order valence-electron chi connectivity index (χ0n) is 14.6. The largest absolute Gasteiger partial charge is 0.352 e. The van der Waals surface area contributed by atoms with Gasteiger partial charge in [-0.2, -0.15) is 4.31 Å². The quantitative estimate of drug-likeness (QED) is 0.318. The maximum absolute atomic E-state index is 12.5. The second-order valence-electron chi connectivity index (χ2n) is 6.29. The van der Waals surface area contributed by atoms with Gasteiger partial charge in [0.25, 0.3) is 5.69 Å². The standard InChI is InChI=1S/C16H23N3O4S3/c1-2-3-10-26(22,23)17-8-9-18(16(24)25)15(12-17)11-13-4-6-14(7-5-13)19(20)21/h4-7,15H,2-3,8-12H2,1H3,(H,24,25). The van der Waals surface area contributed by atoms with Crippen LogP contribution < -0.4 is 0 Å². The number of thiocarbonyl (C=S) groups is 1. The predicted octanol–water partition coefficient (Wildman–Crippen LogP) is 2.47. The third-order valence-electron chi connectivity index (χ3n) is 4.46. The van der Waals surface area contributed by atoms with E-state index < -0.39 is 14.9 Å². The summed E-state index contributed by atoms with van der Waals surface area (Å²) in [6, 6.07) is 6.16. The summed E-state index contributed by atoms with van der Waals surface area (Å²) in [6.07, 6.45) is 2.01. The topological polar surface area (TPSA) is 83.8 Å². The summed E-state index contributed by atoms with van der Waals surface area (Å²) in [7, 11) is -3.29. The molecule has 7 nitrogen and oxygen atoms in total. The van der Waals surface area contributed by atoms with E-state index in [0.29, 0.717) is 36.8 Å². The van der Waals surface area contributed by atoms with Crippen LogP contribution in [0.15, 0.2) is 24.3 Å². The molecule has 1 aromatic carbocycles. The van der Waals surface area contributed by atoms with Gasteiger partial charge in [0.2, 0.25) is 10.0 Å². The number of nitrogens with zero attached hydrogens (tertiary/aromatic N) is 3. The molecule has 0 amide bonds. The smallest absolute Gasteiger partial charge is 0.269 e. The Hall–Kier alpha value is -1.23. The molecule has 1 atom stereocenters. The van der Waals surface area contributed by atoms with E-state index in [9.17, 15) is 18.5 Å². The minimum atomic E-state index is -3.29. The molecule has 1 saturated heterocycles. The molecule has 1 heterocycles. The van der Waals surface area contributed by atoms with Crippen LogP contribution in [0.3, 0.4) is 0 Å². The molecule has 144 valence electrons. The number of sulfonamides is 1. The Balaban J connectivity index is 2.15. The molecule has 0 saturated carbocycles. The van der Waals surface area contributed by atoms with Crippen LogP contribution in [0, 0.1) is 10.1 Å². The fraction of sp³-hybridized carbons (Fsp3) is 0.562. The number of non-ortho nitro benzene ring substituents is 1. The Labute approximate surface area is 165 Å².